The molecule has 3 aromatic carbocycles. The van der Waals surface area contributed by atoms with E-state index in [0.29, 0.717) is 12.4 Å². The van der Waals surface area contributed by atoms with Gasteiger partial charge in [-0.1, -0.05) is 86.6 Å². The van der Waals surface area contributed by atoms with Gasteiger partial charge in [-0.3, -0.25) is 4.79 Å². The van der Waals surface area contributed by atoms with Crippen molar-refractivity contribution in [2.75, 3.05) is 0 Å². The van der Waals surface area contributed by atoms with Crippen molar-refractivity contribution in [2.24, 2.45) is 0 Å². The normalized spacial score (nSPS) is 12.8. The Morgan fingerprint density at radius 3 is 2.26 bits per heavy atom. The Morgan fingerprint density at radius 2 is 1.63 bits per heavy atom. The van der Waals surface area contributed by atoms with E-state index in [2.05, 4.69) is 58.7 Å². The van der Waals surface area contributed by atoms with E-state index in [-0.39, 0.29) is 5.92 Å². The number of hydrogen-bond acceptors (Lipinski definition) is 6. The summed E-state index contributed by atoms with van der Waals surface area (Å²) in [6.07, 6.45) is 0.938. The molecule has 2 aromatic heterocycles. The van der Waals surface area contributed by atoms with Crippen molar-refractivity contribution in [2.45, 2.75) is 45.6 Å². The van der Waals surface area contributed by atoms with Gasteiger partial charge < -0.3 is 5.11 Å². The maximum Gasteiger partial charge on any atom is 0.310 e. The fourth-order valence-electron chi connectivity index (χ4n) is 4.31. The summed E-state index contributed by atoms with van der Waals surface area (Å²) in [6.45, 7) is 6.49. The van der Waals surface area contributed by atoms with Crippen molar-refractivity contribution in [3.63, 3.8) is 0 Å². The summed E-state index contributed by atoms with van der Waals surface area (Å²) in [5, 5.41) is 28.7. The minimum Gasteiger partial charge on any atom is -0.481 e. The van der Waals surface area contributed by atoms with Gasteiger partial charge in [-0.25, -0.2) is 9.67 Å². The lowest BCUT2D eigenvalue weighted by Gasteiger charge is -2.10. The maximum atomic E-state index is 11.4. The first-order valence-corrected chi connectivity index (χ1v) is 12.6. The van der Waals surface area contributed by atoms with Crippen molar-refractivity contribution >= 4 is 5.97 Å². The molecule has 0 fully saturated rings. The summed E-state index contributed by atoms with van der Waals surface area (Å²) in [4.78, 5) is 16.3. The number of carbonyl (C=O) groups is 1. The predicted octanol–water partition coefficient (Wildman–Crippen LogP) is 5.54. The predicted molar refractivity (Wildman–Crippen MR) is 144 cm³/mol. The molecule has 5 rings (SSSR count). The number of tetrazole rings is 1. The van der Waals surface area contributed by atoms with Gasteiger partial charge in [0.2, 0.25) is 5.82 Å². The fourth-order valence-corrected chi connectivity index (χ4v) is 4.31. The molecule has 192 valence electrons. The first-order valence-electron chi connectivity index (χ1n) is 12.6. The van der Waals surface area contributed by atoms with Gasteiger partial charge in [0.25, 0.3) is 0 Å². The average Bonchev–Trinajstić information content (AvgIpc) is 3.64. The van der Waals surface area contributed by atoms with E-state index in [1.165, 1.54) is 0 Å². The van der Waals surface area contributed by atoms with Crippen LogP contribution in [0.15, 0.2) is 72.8 Å². The van der Waals surface area contributed by atoms with Crippen LogP contribution in [0.25, 0.3) is 33.9 Å². The van der Waals surface area contributed by atoms with Crippen LogP contribution in [-0.4, -0.2) is 46.5 Å². The molecule has 38 heavy (non-hydrogen) atoms. The monoisotopic (exact) mass is 507 g/mol. The molecule has 0 saturated carbocycles. The van der Waals surface area contributed by atoms with Gasteiger partial charge in [-0.05, 0) is 40.8 Å². The van der Waals surface area contributed by atoms with Gasteiger partial charge in [0.05, 0.1) is 12.5 Å². The summed E-state index contributed by atoms with van der Waals surface area (Å²) in [6, 6.07) is 23.9. The summed E-state index contributed by atoms with van der Waals surface area (Å²) in [5.41, 5.74) is 5.73. The van der Waals surface area contributed by atoms with Gasteiger partial charge in [-0.2, -0.15) is 10.3 Å². The lowest BCUT2D eigenvalue weighted by Crippen LogP contribution is -2.07. The highest BCUT2D eigenvalue weighted by atomic mass is 16.4. The van der Waals surface area contributed by atoms with Gasteiger partial charge in [0, 0.05) is 17.0 Å². The Labute approximate surface area is 220 Å². The molecule has 5 aromatic rings. The van der Waals surface area contributed by atoms with Gasteiger partial charge >= 0.3 is 5.97 Å². The van der Waals surface area contributed by atoms with Crippen LogP contribution in [-0.2, 0) is 11.3 Å². The SMILES string of the molecule is CCC(C)c1nc(-c2ccc(C(C)C(=O)O)cc2)n(Cc2ccc(-c3ccccc3-c3nn[nH]n3)cc2)n1. The average molecular weight is 508 g/mol. The van der Waals surface area contributed by atoms with E-state index in [1.54, 1.807) is 6.92 Å². The Bertz CT molecular complexity index is 1520. The van der Waals surface area contributed by atoms with E-state index in [0.717, 1.165) is 51.5 Å². The lowest BCUT2D eigenvalue weighted by atomic mass is 9.98. The number of aliphatic carboxylic acids is 1. The second kappa shape index (κ2) is 10.8. The van der Waals surface area contributed by atoms with Crippen molar-refractivity contribution in [3.8, 4) is 33.9 Å². The topological polar surface area (TPSA) is 122 Å². The van der Waals surface area contributed by atoms with Crippen LogP contribution in [0.4, 0.5) is 0 Å². The van der Waals surface area contributed by atoms with Crippen LogP contribution in [0.3, 0.4) is 0 Å². The Morgan fingerprint density at radius 1 is 0.947 bits per heavy atom. The third kappa shape index (κ3) is 5.08. The van der Waals surface area contributed by atoms with E-state index in [9.17, 15) is 9.90 Å². The van der Waals surface area contributed by atoms with Gasteiger partial charge in [-0.15, -0.1) is 10.2 Å². The number of nitrogens with one attached hydrogen (secondary N) is 1. The summed E-state index contributed by atoms with van der Waals surface area (Å²) >= 11 is 0. The molecular weight excluding hydrogens is 478 g/mol. The van der Waals surface area contributed by atoms with Crippen LogP contribution in [0.5, 0.6) is 0 Å². The molecule has 0 aliphatic heterocycles. The number of hydrogen-bond donors (Lipinski definition) is 2. The molecule has 0 radical (unpaired) electrons. The molecule has 0 spiro atoms. The zero-order valence-corrected chi connectivity index (χ0v) is 21.5. The maximum absolute atomic E-state index is 11.4. The minimum atomic E-state index is -0.844. The van der Waals surface area contributed by atoms with Crippen LogP contribution in [0.1, 0.15) is 56.0 Å². The van der Waals surface area contributed by atoms with Crippen LogP contribution < -0.4 is 0 Å². The van der Waals surface area contributed by atoms with E-state index in [1.807, 2.05) is 53.2 Å². The van der Waals surface area contributed by atoms with Crippen LogP contribution in [0.2, 0.25) is 0 Å². The minimum absolute atomic E-state index is 0.227. The molecule has 9 heteroatoms. The van der Waals surface area contributed by atoms with E-state index in [4.69, 9.17) is 10.1 Å². The molecule has 2 atom stereocenters. The molecule has 2 N–H and O–H groups in total. The number of rotatable bonds is 9. The van der Waals surface area contributed by atoms with Gasteiger partial charge in [0.1, 0.15) is 0 Å². The van der Waals surface area contributed by atoms with Crippen LogP contribution in [0, 0.1) is 0 Å². The Hall–Kier alpha value is -4.66. The molecule has 0 aliphatic carbocycles. The number of H-pyrrole nitrogens is 1. The molecule has 0 aliphatic rings. The molecule has 2 unspecified atom stereocenters. The summed E-state index contributed by atoms with van der Waals surface area (Å²) < 4.78 is 1.93. The number of nitrogens with zero attached hydrogens (tertiary/aromatic N) is 6. The second-order valence-electron chi connectivity index (χ2n) is 9.42. The first-order chi connectivity index (χ1) is 18.4. The Balaban J connectivity index is 1.44. The number of aromatic amines is 1. The van der Waals surface area contributed by atoms with E-state index >= 15 is 0 Å². The van der Waals surface area contributed by atoms with E-state index < -0.39 is 11.9 Å². The second-order valence-corrected chi connectivity index (χ2v) is 9.42. The number of benzene rings is 3. The summed E-state index contributed by atoms with van der Waals surface area (Å²) in [7, 11) is 0. The van der Waals surface area contributed by atoms with Crippen molar-refractivity contribution < 1.29 is 9.90 Å². The summed E-state index contributed by atoms with van der Waals surface area (Å²) in [5.74, 6) is 0.936. The standard InChI is InChI=1S/C29H29N7O2/c1-4-18(2)26-30-28(23-15-13-21(14-16-23)19(3)29(37)38)36(33-26)17-20-9-11-22(12-10-20)24-7-5-6-8-25(24)27-31-34-35-32-27/h5-16,18-19H,4,17H2,1-3H3,(H,37,38)(H,31,32,34,35). The zero-order valence-electron chi connectivity index (χ0n) is 21.5. The third-order valence-electron chi connectivity index (χ3n) is 6.89. The number of carboxylic acid groups (broad SMARTS) is 1. The van der Waals surface area contributed by atoms with Crippen molar-refractivity contribution in [3.05, 3.63) is 89.7 Å². The highest BCUT2D eigenvalue weighted by Crippen LogP contribution is 2.30. The highest BCUT2D eigenvalue weighted by molar-refractivity contribution is 5.80. The smallest absolute Gasteiger partial charge is 0.310 e. The number of carboxylic acids is 1. The molecule has 0 amide bonds. The van der Waals surface area contributed by atoms with Crippen molar-refractivity contribution in [1.82, 2.24) is 35.4 Å². The third-order valence-corrected chi connectivity index (χ3v) is 6.89. The van der Waals surface area contributed by atoms with Gasteiger partial charge in [0.15, 0.2) is 11.6 Å². The lowest BCUT2D eigenvalue weighted by molar-refractivity contribution is -0.138. The number of aromatic nitrogens is 7. The molecular formula is C29H29N7O2. The Kier molecular flexibility index (Phi) is 7.08. The van der Waals surface area contributed by atoms with Crippen LogP contribution >= 0.6 is 0 Å². The zero-order chi connectivity index (χ0) is 26.6. The quantitative estimate of drug-likeness (QED) is 0.268. The fraction of sp³-hybridized carbons (Fsp3) is 0.241. The first kappa shape index (κ1) is 25.0. The van der Waals surface area contributed by atoms with Crippen molar-refractivity contribution in [1.29, 1.82) is 0 Å². The molecule has 2 heterocycles. The highest BCUT2D eigenvalue weighted by Gasteiger charge is 2.18. The largest absolute Gasteiger partial charge is 0.481 e. The molecule has 0 saturated heterocycles. The molecule has 0 bridgehead atoms. The molecule has 9 nitrogen and oxygen atoms in total.